The van der Waals surface area contributed by atoms with Crippen molar-refractivity contribution in [1.82, 2.24) is 4.90 Å². The molecule has 1 heterocycles. The minimum atomic E-state index is -0.290. The van der Waals surface area contributed by atoms with E-state index in [4.69, 9.17) is 4.74 Å². The molecule has 1 fully saturated rings. The molecule has 2 aromatic rings. The molecule has 2 atom stereocenters. The number of esters is 1. The summed E-state index contributed by atoms with van der Waals surface area (Å²) in [6.45, 7) is 4.23. The van der Waals surface area contributed by atoms with Crippen molar-refractivity contribution in [2.45, 2.75) is 19.4 Å². The Balaban J connectivity index is 1.85. The highest BCUT2D eigenvalue weighted by Crippen LogP contribution is 2.38. The first-order valence-corrected chi connectivity index (χ1v) is 9.25. The van der Waals surface area contributed by atoms with Gasteiger partial charge in [-0.05, 0) is 36.2 Å². The fraction of sp³-hybridized carbons (Fsp3) is 0.350. The zero-order valence-corrected chi connectivity index (χ0v) is 15.7. The van der Waals surface area contributed by atoms with Gasteiger partial charge in [-0.1, -0.05) is 46.3 Å². The number of hydrogen-bond donors (Lipinski definition) is 0. The molecule has 1 aliphatic rings. The lowest BCUT2D eigenvalue weighted by Crippen LogP contribution is -2.25. The lowest BCUT2D eigenvalue weighted by molar-refractivity contribution is -0.148. The van der Waals surface area contributed by atoms with E-state index in [1.807, 2.05) is 25.1 Å². The van der Waals surface area contributed by atoms with Crippen LogP contribution in [-0.4, -0.2) is 30.6 Å². The molecule has 0 radical (unpaired) electrons. The Labute approximate surface area is 155 Å². The summed E-state index contributed by atoms with van der Waals surface area (Å²) in [4.78, 5) is 14.7. The van der Waals surface area contributed by atoms with Gasteiger partial charge < -0.3 is 4.74 Å². The predicted molar refractivity (Wildman–Crippen MR) is 98.7 cm³/mol. The van der Waals surface area contributed by atoms with Gasteiger partial charge >= 0.3 is 5.97 Å². The summed E-state index contributed by atoms with van der Waals surface area (Å²) in [6, 6.07) is 14.8. The Kier molecular flexibility index (Phi) is 5.86. The van der Waals surface area contributed by atoms with Gasteiger partial charge in [0.05, 0.1) is 12.5 Å². The SMILES string of the molecule is CCOC(=O)C1CN(Cc2ccccc2)CC1c1cc(F)ccc1Br. The largest absolute Gasteiger partial charge is 0.466 e. The number of ether oxygens (including phenoxy) is 1. The molecule has 0 spiro atoms. The van der Waals surface area contributed by atoms with Crippen molar-refractivity contribution in [3.05, 3.63) is 69.9 Å². The fourth-order valence-electron chi connectivity index (χ4n) is 3.46. The number of benzene rings is 2. The smallest absolute Gasteiger partial charge is 0.310 e. The van der Waals surface area contributed by atoms with Crippen molar-refractivity contribution < 1.29 is 13.9 Å². The van der Waals surface area contributed by atoms with Crippen LogP contribution in [0.2, 0.25) is 0 Å². The summed E-state index contributed by atoms with van der Waals surface area (Å²) in [5.74, 6) is -0.879. The summed E-state index contributed by atoms with van der Waals surface area (Å²) < 4.78 is 19.9. The molecule has 5 heteroatoms. The molecular weight excluding hydrogens is 385 g/mol. The fourth-order valence-corrected chi connectivity index (χ4v) is 4.00. The van der Waals surface area contributed by atoms with Crippen LogP contribution in [0.1, 0.15) is 24.0 Å². The van der Waals surface area contributed by atoms with E-state index < -0.39 is 0 Å². The van der Waals surface area contributed by atoms with E-state index >= 15 is 0 Å². The highest BCUT2D eigenvalue weighted by Gasteiger charge is 2.40. The molecule has 132 valence electrons. The maximum atomic E-state index is 13.8. The average Bonchev–Trinajstić information content (AvgIpc) is 3.02. The quantitative estimate of drug-likeness (QED) is 0.691. The molecule has 0 aromatic heterocycles. The number of halogens is 2. The third kappa shape index (κ3) is 4.28. The molecular formula is C20H21BrFNO2. The van der Waals surface area contributed by atoms with E-state index in [0.717, 1.165) is 16.6 Å². The van der Waals surface area contributed by atoms with Crippen LogP contribution in [0.3, 0.4) is 0 Å². The zero-order chi connectivity index (χ0) is 17.8. The van der Waals surface area contributed by atoms with Crippen LogP contribution in [0.15, 0.2) is 53.0 Å². The van der Waals surface area contributed by atoms with Crippen molar-refractivity contribution in [3.63, 3.8) is 0 Å². The van der Waals surface area contributed by atoms with Crippen LogP contribution >= 0.6 is 15.9 Å². The van der Waals surface area contributed by atoms with Crippen molar-refractivity contribution in [2.24, 2.45) is 5.92 Å². The molecule has 1 saturated heterocycles. The first-order chi connectivity index (χ1) is 12.1. The second-order valence-electron chi connectivity index (χ2n) is 6.31. The Hall–Kier alpha value is -1.72. The minimum Gasteiger partial charge on any atom is -0.466 e. The Morgan fingerprint density at radius 2 is 2.00 bits per heavy atom. The molecule has 0 amide bonds. The predicted octanol–water partition coefficient (Wildman–Crippen LogP) is 4.37. The molecule has 0 aliphatic carbocycles. The van der Waals surface area contributed by atoms with Gasteiger partial charge in [-0.3, -0.25) is 9.69 Å². The number of likely N-dealkylation sites (tertiary alicyclic amines) is 1. The topological polar surface area (TPSA) is 29.5 Å². The normalized spacial score (nSPS) is 20.6. The first-order valence-electron chi connectivity index (χ1n) is 8.46. The van der Waals surface area contributed by atoms with Crippen molar-refractivity contribution >= 4 is 21.9 Å². The summed E-state index contributed by atoms with van der Waals surface area (Å²) in [7, 11) is 0. The molecule has 25 heavy (non-hydrogen) atoms. The van der Waals surface area contributed by atoms with Gasteiger partial charge in [0.2, 0.25) is 0 Å². The van der Waals surface area contributed by atoms with E-state index in [0.29, 0.717) is 19.7 Å². The van der Waals surface area contributed by atoms with Crippen LogP contribution in [0.5, 0.6) is 0 Å². The third-order valence-corrected chi connectivity index (χ3v) is 5.31. The molecule has 3 rings (SSSR count). The molecule has 2 unspecified atom stereocenters. The highest BCUT2D eigenvalue weighted by molar-refractivity contribution is 9.10. The summed E-state index contributed by atoms with van der Waals surface area (Å²) >= 11 is 3.51. The second-order valence-corrected chi connectivity index (χ2v) is 7.16. The maximum absolute atomic E-state index is 13.8. The number of rotatable bonds is 5. The zero-order valence-electron chi connectivity index (χ0n) is 14.1. The molecule has 3 nitrogen and oxygen atoms in total. The summed E-state index contributed by atoms with van der Waals surface area (Å²) in [5.41, 5.74) is 2.03. The average molecular weight is 406 g/mol. The van der Waals surface area contributed by atoms with E-state index in [9.17, 15) is 9.18 Å². The van der Waals surface area contributed by atoms with Crippen molar-refractivity contribution in [2.75, 3.05) is 19.7 Å². The summed E-state index contributed by atoms with van der Waals surface area (Å²) in [6.07, 6.45) is 0. The van der Waals surface area contributed by atoms with Crippen LogP contribution in [0, 0.1) is 11.7 Å². The van der Waals surface area contributed by atoms with E-state index in [-0.39, 0.29) is 23.6 Å². The van der Waals surface area contributed by atoms with E-state index in [1.54, 1.807) is 6.07 Å². The molecule has 0 bridgehead atoms. The van der Waals surface area contributed by atoms with Gasteiger partial charge in [-0.25, -0.2) is 4.39 Å². The lowest BCUT2D eigenvalue weighted by atomic mass is 9.89. The second kappa shape index (κ2) is 8.11. The van der Waals surface area contributed by atoms with Crippen LogP contribution in [0.4, 0.5) is 4.39 Å². The maximum Gasteiger partial charge on any atom is 0.310 e. The Morgan fingerprint density at radius 3 is 2.72 bits per heavy atom. The van der Waals surface area contributed by atoms with Gasteiger partial charge in [-0.15, -0.1) is 0 Å². The van der Waals surface area contributed by atoms with Crippen LogP contribution < -0.4 is 0 Å². The van der Waals surface area contributed by atoms with Gasteiger partial charge in [0.15, 0.2) is 0 Å². The van der Waals surface area contributed by atoms with Crippen LogP contribution in [0.25, 0.3) is 0 Å². The van der Waals surface area contributed by atoms with Crippen molar-refractivity contribution in [1.29, 1.82) is 0 Å². The molecule has 0 saturated carbocycles. The van der Waals surface area contributed by atoms with Gasteiger partial charge in [-0.2, -0.15) is 0 Å². The Bertz CT molecular complexity index is 738. The third-order valence-electron chi connectivity index (χ3n) is 4.59. The minimum absolute atomic E-state index is 0.0900. The molecule has 1 aliphatic heterocycles. The van der Waals surface area contributed by atoms with Gasteiger partial charge in [0.25, 0.3) is 0 Å². The van der Waals surface area contributed by atoms with Gasteiger partial charge in [0, 0.05) is 30.0 Å². The number of carbonyl (C=O) groups excluding carboxylic acids is 1. The van der Waals surface area contributed by atoms with Gasteiger partial charge in [0.1, 0.15) is 5.82 Å². The molecule has 0 N–H and O–H groups in total. The van der Waals surface area contributed by atoms with Crippen LogP contribution in [-0.2, 0) is 16.1 Å². The monoisotopic (exact) mass is 405 g/mol. The standard InChI is InChI=1S/C20H21BrFNO2/c1-2-25-20(24)18-13-23(11-14-6-4-3-5-7-14)12-17(18)16-10-15(22)8-9-19(16)21/h3-10,17-18H,2,11-13H2,1H3. The highest BCUT2D eigenvalue weighted by atomic mass is 79.9. The number of hydrogen-bond acceptors (Lipinski definition) is 3. The molecule has 2 aromatic carbocycles. The van der Waals surface area contributed by atoms with Crippen molar-refractivity contribution in [3.8, 4) is 0 Å². The first kappa shape index (κ1) is 18.1. The van der Waals surface area contributed by atoms with E-state index in [2.05, 4.69) is 33.0 Å². The number of carbonyl (C=O) groups is 1. The summed E-state index contributed by atoms with van der Waals surface area (Å²) in [5, 5.41) is 0. The lowest BCUT2D eigenvalue weighted by Gasteiger charge is -2.19. The number of nitrogens with zero attached hydrogens (tertiary/aromatic N) is 1. The van der Waals surface area contributed by atoms with E-state index in [1.165, 1.54) is 17.7 Å². The Morgan fingerprint density at radius 1 is 1.24 bits per heavy atom.